The van der Waals surface area contributed by atoms with E-state index < -0.39 is 0 Å². The molecule has 0 aromatic heterocycles. The summed E-state index contributed by atoms with van der Waals surface area (Å²) in [7, 11) is 0. The number of rotatable bonds is 5. The predicted molar refractivity (Wildman–Crippen MR) is 148 cm³/mol. The van der Waals surface area contributed by atoms with Crippen LogP contribution in [0.1, 0.15) is 78.6 Å². The molecule has 0 spiro atoms. The highest BCUT2D eigenvalue weighted by atomic mass is 16.5. The zero-order valence-electron chi connectivity index (χ0n) is 24.3. The van der Waals surface area contributed by atoms with Crippen LogP contribution in [0.3, 0.4) is 0 Å². The summed E-state index contributed by atoms with van der Waals surface area (Å²) in [6.07, 6.45) is 12.7. The number of likely N-dealkylation sites (tertiary alicyclic amines) is 1. The van der Waals surface area contributed by atoms with Gasteiger partial charge in [0.15, 0.2) is 6.10 Å². The first-order valence-electron chi connectivity index (χ1n) is 15.9. The minimum Gasteiger partial charge on any atom is -0.456 e. The van der Waals surface area contributed by atoms with Crippen molar-refractivity contribution < 1.29 is 23.9 Å². The fourth-order valence-electron chi connectivity index (χ4n) is 11.3. The predicted octanol–water partition coefficient (Wildman–Crippen LogP) is 4.41. The van der Waals surface area contributed by atoms with Crippen LogP contribution >= 0.6 is 0 Å². The highest BCUT2D eigenvalue weighted by molar-refractivity contribution is 5.66. The molecular formula is C32H53N2O4+. The summed E-state index contributed by atoms with van der Waals surface area (Å²) in [5.41, 5.74) is 0.343. The monoisotopic (exact) mass is 529 g/mol. The Morgan fingerprint density at radius 2 is 1.84 bits per heavy atom. The molecule has 6 aliphatic rings. The van der Waals surface area contributed by atoms with Crippen LogP contribution in [0.15, 0.2) is 12.7 Å². The molecule has 4 saturated carbocycles. The Morgan fingerprint density at radius 3 is 2.53 bits per heavy atom. The average Bonchev–Trinajstić information content (AvgIpc) is 3.48. The normalized spacial score (nSPS) is 48.5. The molecule has 0 amide bonds. The van der Waals surface area contributed by atoms with Crippen LogP contribution in [0.2, 0.25) is 0 Å². The summed E-state index contributed by atoms with van der Waals surface area (Å²) in [6.45, 7) is 17.7. The van der Waals surface area contributed by atoms with Crippen LogP contribution in [0.4, 0.5) is 0 Å². The minimum absolute atomic E-state index is 0.0174. The third-order valence-corrected chi connectivity index (χ3v) is 13.1. The minimum atomic E-state index is -0.209. The largest absolute Gasteiger partial charge is 0.456 e. The Labute approximate surface area is 230 Å². The molecule has 2 heterocycles. The van der Waals surface area contributed by atoms with Crippen molar-refractivity contribution in [3.8, 4) is 0 Å². The van der Waals surface area contributed by atoms with Crippen molar-refractivity contribution in [1.82, 2.24) is 4.90 Å². The third kappa shape index (κ3) is 4.23. The maximum atomic E-state index is 12.5. The average molecular weight is 530 g/mol. The van der Waals surface area contributed by atoms with E-state index in [4.69, 9.17) is 9.47 Å². The van der Waals surface area contributed by atoms with Gasteiger partial charge in [0.25, 0.3) is 0 Å². The van der Waals surface area contributed by atoms with Gasteiger partial charge in [-0.15, -0.1) is 0 Å². The van der Waals surface area contributed by atoms with Gasteiger partial charge in [-0.2, -0.15) is 0 Å². The number of fused-ring (bicyclic) bond motifs is 5. The number of hydrogen-bond donors (Lipinski definition) is 1. The number of esters is 1. The van der Waals surface area contributed by atoms with Crippen molar-refractivity contribution in [3.63, 3.8) is 0 Å². The highest BCUT2D eigenvalue weighted by Crippen LogP contribution is 2.67. The number of hydrogen-bond acceptors (Lipinski definition) is 5. The molecule has 6 fully saturated rings. The van der Waals surface area contributed by atoms with Crippen molar-refractivity contribution in [3.05, 3.63) is 12.7 Å². The van der Waals surface area contributed by atoms with Crippen LogP contribution in [0.25, 0.3) is 0 Å². The summed E-state index contributed by atoms with van der Waals surface area (Å²) in [6, 6.07) is 0.663. The van der Waals surface area contributed by atoms with E-state index in [1.807, 2.05) is 0 Å². The van der Waals surface area contributed by atoms with Gasteiger partial charge in [0.05, 0.1) is 39.0 Å². The molecule has 6 rings (SSSR count). The Balaban J connectivity index is 1.30. The summed E-state index contributed by atoms with van der Waals surface area (Å²) in [4.78, 5) is 15.0. The van der Waals surface area contributed by atoms with Crippen LogP contribution in [0, 0.1) is 34.5 Å². The van der Waals surface area contributed by atoms with Gasteiger partial charge < -0.3 is 19.1 Å². The number of morpholine rings is 1. The summed E-state index contributed by atoms with van der Waals surface area (Å²) >= 11 is 0. The first-order chi connectivity index (χ1) is 18.2. The van der Waals surface area contributed by atoms with Crippen LogP contribution in [-0.2, 0) is 14.3 Å². The second-order valence-electron chi connectivity index (χ2n) is 14.6. The molecule has 214 valence electrons. The topological polar surface area (TPSA) is 59.0 Å². The molecule has 0 bridgehead atoms. The molecule has 10 atom stereocenters. The quantitative estimate of drug-likeness (QED) is 0.325. The van der Waals surface area contributed by atoms with Crippen LogP contribution < -0.4 is 0 Å². The van der Waals surface area contributed by atoms with Crippen molar-refractivity contribution in [2.24, 2.45) is 34.5 Å². The van der Waals surface area contributed by atoms with E-state index in [-0.39, 0.29) is 35.0 Å². The number of carbonyl (C=O) groups excluding carboxylic acids is 1. The lowest BCUT2D eigenvalue weighted by Crippen LogP contribution is -2.61. The molecular weight excluding hydrogens is 476 g/mol. The molecule has 2 aliphatic heterocycles. The molecule has 38 heavy (non-hydrogen) atoms. The van der Waals surface area contributed by atoms with Gasteiger partial charge in [-0.1, -0.05) is 20.4 Å². The maximum absolute atomic E-state index is 12.5. The molecule has 6 heteroatoms. The zero-order valence-corrected chi connectivity index (χ0v) is 24.3. The number of aliphatic hydroxyl groups excluding tert-OH is 1. The van der Waals surface area contributed by atoms with E-state index >= 15 is 0 Å². The van der Waals surface area contributed by atoms with Crippen molar-refractivity contribution in [2.75, 3.05) is 45.9 Å². The second-order valence-corrected chi connectivity index (χ2v) is 14.6. The Bertz CT molecular complexity index is 898. The van der Waals surface area contributed by atoms with E-state index in [1.165, 1.54) is 51.6 Å². The van der Waals surface area contributed by atoms with Gasteiger partial charge in [0.1, 0.15) is 6.04 Å². The lowest BCUT2D eigenvalue weighted by atomic mass is 9.44. The van der Waals surface area contributed by atoms with E-state index in [2.05, 4.69) is 31.4 Å². The first kappa shape index (κ1) is 27.2. The summed E-state index contributed by atoms with van der Waals surface area (Å²) < 4.78 is 13.1. The number of ether oxygens (including phenoxy) is 2. The van der Waals surface area contributed by atoms with Gasteiger partial charge in [-0.25, -0.2) is 0 Å². The standard InChI is InChI=1S/C32H53N2O4/c1-5-14-34(15-6-7-16-34)28-20-26-24-9-8-23-19-29(36)27(33-12-17-37-18-13-33)21-32(23,4)25(24)10-11-31(26,3)30(28)38-22(2)35/h5,23-30,36H,1,6-21H2,2-4H3/q+1/t23-,24-,25+,26+,27-,28+,29+,30-,31-,32-/m0/s1. The maximum Gasteiger partial charge on any atom is 0.303 e. The smallest absolute Gasteiger partial charge is 0.303 e. The van der Waals surface area contributed by atoms with Gasteiger partial charge >= 0.3 is 5.97 Å². The number of quaternary nitrogens is 1. The number of aliphatic hydroxyl groups is 1. The Hall–Kier alpha value is -0.950. The molecule has 2 saturated heterocycles. The Kier molecular flexibility index (Phi) is 7.27. The lowest BCUT2D eigenvalue weighted by molar-refractivity contribution is -0.937. The van der Waals surface area contributed by atoms with E-state index in [1.54, 1.807) is 6.92 Å². The lowest BCUT2D eigenvalue weighted by Gasteiger charge is -2.62. The molecule has 1 N–H and O–H groups in total. The molecule has 0 radical (unpaired) electrons. The third-order valence-electron chi connectivity index (χ3n) is 13.1. The summed E-state index contributed by atoms with van der Waals surface area (Å²) in [5, 5.41) is 11.3. The fraction of sp³-hybridized carbons (Fsp3) is 0.906. The van der Waals surface area contributed by atoms with Crippen LogP contribution in [-0.4, -0.2) is 90.7 Å². The first-order valence-corrected chi connectivity index (χ1v) is 15.9. The van der Waals surface area contributed by atoms with Gasteiger partial charge in [0, 0.05) is 50.7 Å². The number of carbonyl (C=O) groups is 1. The Morgan fingerprint density at radius 1 is 1.11 bits per heavy atom. The van der Waals surface area contributed by atoms with E-state index in [0.29, 0.717) is 29.7 Å². The van der Waals surface area contributed by atoms with Crippen molar-refractivity contribution in [2.45, 2.75) is 103 Å². The van der Waals surface area contributed by atoms with Crippen molar-refractivity contribution >= 4 is 5.97 Å². The highest BCUT2D eigenvalue weighted by Gasteiger charge is 2.67. The molecule has 6 nitrogen and oxygen atoms in total. The molecule has 0 aromatic rings. The molecule has 4 aliphatic carbocycles. The van der Waals surface area contributed by atoms with Gasteiger partial charge in [-0.3, -0.25) is 9.69 Å². The van der Waals surface area contributed by atoms with E-state index in [0.717, 1.165) is 56.6 Å². The SMILES string of the molecule is C=CC[N+]1([C@@H]2C[C@@H]3[C@H]4CC[C@H]5C[C@@H](O)[C@@H](N6CCOCC6)C[C@]5(C)[C@@H]4CC[C@]3(C)[C@H]2OC(C)=O)CCCC1. The molecule has 0 unspecified atom stereocenters. The van der Waals surface area contributed by atoms with Gasteiger partial charge in [-0.05, 0) is 73.7 Å². The summed E-state index contributed by atoms with van der Waals surface area (Å²) in [5.74, 6) is 2.54. The van der Waals surface area contributed by atoms with Crippen molar-refractivity contribution in [1.29, 1.82) is 0 Å². The number of nitrogens with zero attached hydrogens (tertiary/aromatic N) is 2. The second kappa shape index (κ2) is 10.2. The van der Waals surface area contributed by atoms with Gasteiger partial charge in [0.2, 0.25) is 0 Å². The molecule has 0 aromatic carbocycles. The van der Waals surface area contributed by atoms with E-state index in [9.17, 15) is 9.90 Å². The zero-order chi connectivity index (χ0) is 26.7. The van der Waals surface area contributed by atoms with Crippen LogP contribution in [0.5, 0.6) is 0 Å². The fourth-order valence-corrected chi connectivity index (χ4v) is 11.3.